The number of aliphatic hydroxyl groups is 1. The summed E-state index contributed by atoms with van der Waals surface area (Å²) >= 11 is 0. The van der Waals surface area contributed by atoms with Gasteiger partial charge in [-0.3, -0.25) is 4.79 Å². The Kier molecular flexibility index (Phi) is 3.46. The molecule has 2 rings (SSSR count). The van der Waals surface area contributed by atoms with Crippen LogP contribution in [0.3, 0.4) is 0 Å². The second kappa shape index (κ2) is 4.58. The monoisotopic (exact) mass is 240 g/mol. The first kappa shape index (κ1) is 12.8. The Bertz CT molecular complexity index is 304. The molecule has 0 spiro atoms. The molecule has 2 aliphatic heterocycles. The number of hydrogen-bond donors (Lipinski definition) is 1. The first-order chi connectivity index (χ1) is 7.90. The molecule has 2 heterocycles. The number of hydrogen-bond acceptors (Lipinski definition) is 3. The van der Waals surface area contributed by atoms with Gasteiger partial charge in [-0.05, 0) is 46.7 Å². The third-order valence-corrected chi connectivity index (χ3v) is 4.10. The summed E-state index contributed by atoms with van der Waals surface area (Å²) in [5.74, 6) is 0.358. The Labute approximate surface area is 104 Å². The molecular weight excluding hydrogens is 216 g/mol. The molecule has 17 heavy (non-hydrogen) atoms. The van der Waals surface area contributed by atoms with Crippen LogP contribution in [0.15, 0.2) is 0 Å². The number of amides is 1. The minimum atomic E-state index is -0.352. The Balaban J connectivity index is 2.04. The van der Waals surface area contributed by atoms with Crippen molar-refractivity contribution in [1.29, 1.82) is 0 Å². The Morgan fingerprint density at radius 1 is 1.35 bits per heavy atom. The average molecular weight is 240 g/mol. The first-order valence-corrected chi connectivity index (χ1v) is 6.58. The van der Waals surface area contributed by atoms with Crippen molar-refractivity contribution in [2.24, 2.45) is 5.92 Å². The van der Waals surface area contributed by atoms with Crippen LogP contribution in [0, 0.1) is 5.92 Å². The normalized spacial score (nSPS) is 34.0. The molecule has 0 saturated carbocycles. The van der Waals surface area contributed by atoms with E-state index in [4.69, 9.17) is 0 Å². The lowest BCUT2D eigenvalue weighted by Gasteiger charge is -2.37. The van der Waals surface area contributed by atoms with E-state index in [0.29, 0.717) is 13.0 Å². The van der Waals surface area contributed by atoms with Crippen molar-refractivity contribution in [3.8, 4) is 0 Å². The van der Waals surface area contributed by atoms with Gasteiger partial charge < -0.3 is 14.9 Å². The van der Waals surface area contributed by atoms with Crippen molar-refractivity contribution in [3.05, 3.63) is 0 Å². The predicted molar refractivity (Wildman–Crippen MR) is 66.6 cm³/mol. The van der Waals surface area contributed by atoms with Crippen molar-refractivity contribution in [1.82, 2.24) is 9.80 Å². The lowest BCUT2D eigenvalue weighted by molar-refractivity contribution is -0.140. The van der Waals surface area contributed by atoms with Crippen LogP contribution in [-0.4, -0.2) is 59.1 Å². The summed E-state index contributed by atoms with van der Waals surface area (Å²) in [5.41, 5.74) is -0.188. The molecule has 1 N–H and O–H groups in total. The number of likely N-dealkylation sites (tertiary alicyclic amines) is 2. The van der Waals surface area contributed by atoms with Crippen molar-refractivity contribution >= 4 is 5.91 Å². The summed E-state index contributed by atoms with van der Waals surface area (Å²) in [6.07, 6.45) is 2.44. The molecule has 0 aromatic heterocycles. The van der Waals surface area contributed by atoms with E-state index in [1.54, 1.807) is 0 Å². The molecular formula is C13H24N2O2. The van der Waals surface area contributed by atoms with Crippen LogP contribution in [0.1, 0.15) is 33.1 Å². The molecule has 4 heteroatoms. The number of carbonyl (C=O) groups excluding carboxylic acids is 1. The number of β-amino-alcohol motifs (C(OH)–C–C–N with tert-alkyl or cyclic N) is 1. The highest BCUT2D eigenvalue weighted by atomic mass is 16.3. The van der Waals surface area contributed by atoms with Crippen LogP contribution < -0.4 is 0 Å². The van der Waals surface area contributed by atoms with Gasteiger partial charge in [0, 0.05) is 18.6 Å². The molecule has 1 amide bonds. The molecule has 2 unspecified atom stereocenters. The van der Waals surface area contributed by atoms with Crippen molar-refractivity contribution in [2.45, 2.75) is 44.8 Å². The summed E-state index contributed by atoms with van der Waals surface area (Å²) in [6, 6.07) is 0. The molecule has 4 nitrogen and oxygen atoms in total. The number of nitrogens with zero attached hydrogens (tertiary/aromatic N) is 2. The lowest BCUT2D eigenvalue weighted by Crippen LogP contribution is -2.49. The van der Waals surface area contributed by atoms with E-state index in [1.165, 1.54) is 0 Å². The maximum absolute atomic E-state index is 12.5. The Hall–Kier alpha value is -0.610. The number of aliphatic hydroxyl groups excluding tert-OH is 1. The van der Waals surface area contributed by atoms with Gasteiger partial charge in [-0.2, -0.15) is 0 Å². The maximum Gasteiger partial charge on any atom is 0.227 e. The van der Waals surface area contributed by atoms with Crippen LogP contribution in [0.4, 0.5) is 0 Å². The second-order valence-electron chi connectivity index (χ2n) is 6.22. The van der Waals surface area contributed by atoms with E-state index in [0.717, 1.165) is 25.9 Å². The lowest BCUT2D eigenvalue weighted by atomic mass is 9.94. The summed E-state index contributed by atoms with van der Waals surface area (Å²) in [6.45, 7) is 6.56. The minimum Gasteiger partial charge on any atom is -0.391 e. The molecule has 98 valence electrons. The summed E-state index contributed by atoms with van der Waals surface area (Å²) in [7, 11) is 2.07. The SMILES string of the molecule is CN1CCCC(C(=O)N2CC(O)CC2(C)C)C1. The second-order valence-corrected chi connectivity index (χ2v) is 6.22. The summed E-state index contributed by atoms with van der Waals surface area (Å²) in [4.78, 5) is 16.6. The van der Waals surface area contributed by atoms with Gasteiger partial charge in [-0.15, -0.1) is 0 Å². The van der Waals surface area contributed by atoms with Gasteiger partial charge in [0.15, 0.2) is 0 Å². The van der Waals surface area contributed by atoms with Crippen LogP contribution in [0.5, 0.6) is 0 Å². The third-order valence-electron chi connectivity index (χ3n) is 4.10. The average Bonchev–Trinajstić information content (AvgIpc) is 2.51. The van der Waals surface area contributed by atoms with Gasteiger partial charge in [0.25, 0.3) is 0 Å². The van der Waals surface area contributed by atoms with Gasteiger partial charge in [-0.1, -0.05) is 0 Å². The van der Waals surface area contributed by atoms with Gasteiger partial charge in [-0.25, -0.2) is 0 Å². The zero-order valence-electron chi connectivity index (χ0n) is 11.1. The van der Waals surface area contributed by atoms with E-state index < -0.39 is 0 Å². The molecule has 2 fully saturated rings. The topological polar surface area (TPSA) is 43.8 Å². The van der Waals surface area contributed by atoms with Gasteiger partial charge in [0.1, 0.15) is 0 Å². The first-order valence-electron chi connectivity index (χ1n) is 6.58. The molecule has 0 aromatic carbocycles. The van der Waals surface area contributed by atoms with Gasteiger partial charge in [0.2, 0.25) is 5.91 Å². The summed E-state index contributed by atoms with van der Waals surface area (Å²) in [5, 5.41) is 9.73. The maximum atomic E-state index is 12.5. The largest absolute Gasteiger partial charge is 0.391 e. The fourth-order valence-corrected chi connectivity index (χ4v) is 3.19. The third kappa shape index (κ3) is 2.63. The van der Waals surface area contributed by atoms with Crippen LogP contribution in [0.2, 0.25) is 0 Å². The smallest absolute Gasteiger partial charge is 0.227 e. The van der Waals surface area contributed by atoms with Crippen LogP contribution in [-0.2, 0) is 4.79 Å². The number of piperidine rings is 1. The predicted octanol–water partition coefficient (Wildman–Crippen LogP) is 0.700. The molecule has 2 atom stereocenters. The molecule has 2 aliphatic rings. The fraction of sp³-hybridized carbons (Fsp3) is 0.923. The Morgan fingerprint density at radius 2 is 2.06 bits per heavy atom. The Morgan fingerprint density at radius 3 is 2.59 bits per heavy atom. The standard InChI is InChI=1S/C13H24N2O2/c1-13(2)7-11(16)9-15(13)12(17)10-5-4-6-14(3)8-10/h10-11,16H,4-9H2,1-3H3. The number of rotatable bonds is 1. The molecule has 0 aromatic rings. The van der Waals surface area contributed by atoms with Crippen LogP contribution in [0.25, 0.3) is 0 Å². The van der Waals surface area contributed by atoms with Crippen molar-refractivity contribution in [3.63, 3.8) is 0 Å². The molecule has 0 radical (unpaired) electrons. The fourth-order valence-electron chi connectivity index (χ4n) is 3.19. The van der Waals surface area contributed by atoms with Crippen molar-refractivity contribution < 1.29 is 9.90 Å². The van der Waals surface area contributed by atoms with E-state index >= 15 is 0 Å². The van der Waals surface area contributed by atoms with Gasteiger partial charge in [0.05, 0.1) is 12.0 Å². The van der Waals surface area contributed by atoms with E-state index in [-0.39, 0.29) is 23.5 Å². The minimum absolute atomic E-state index is 0.123. The van der Waals surface area contributed by atoms with Gasteiger partial charge >= 0.3 is 0 Å². The highest BCUT2D eigenvalue weighted by Gasteiger charge is 2.42. The highest BCUT2D eigenvalue weighted by Crippen LogP contribution is 2.31. The molecule has 0 aliphatic carbocycles. The number of carbonyl (C=O) groups is 1. The van der Waals surface area contributed by atoms with E-state index in [1.807, 2.05) is 18.7 Å². The highest BCUT2D eigenvalue weighted by molar-refractivity contribution is 5.80. The van der Waals surface area contributed by atoms with Crippen molar-refractivity contribution in [2.75, 3.05) is 26.7 Å². The molecule has 2 saturated heterocycles. The molecule has 0 bridgehead atoms. The quantitative estimate of drug-likeness (QED) is 0.734. The summed E-state index contributed by atoms with van der Waals surface area (Å²) < 4.78 is 0. The van der Waals surface area contributed by atoms with E-state index in [2.05, 4.69) is 11.9 Å². The van der Waals surface area contributed by atoms with E-state index in [9.17, 15) is 9.90 Å². The zero-order chi connectivity index (χ0) is 12.6. The zero-order valence-corrected chi connectivity index (χ0v) is 11.1. The van der Waals surface area contributed by atoms with Crippen LogP contribution >= 0.6 is 0 Å².